The molecule has 9 heteroatoms. The predicted octanol–water partition coefficient (Wildman–Crippen LogP) is 2.55. The van der Waals surface area contributed by atoms with Crippen LogP contribution in [0, 0.1) is 5.92 Å². The molecule has 0 radical (unpaired) electrons. The van der Waals surface area contributed by atoms with Gasteiger partial charge in [0.1, 0.15) is 0 Å². The number of hydrogen-bond donors (Lipinski definition) is 0. The number of nitrogens with zero attached hydrogens (tertiary/aromatic N) is 3. The number of rotatable bonds is 5. The first-order valence-corrected chi connectivity index (χ1v) is 12.3. The summed E-state index contributed by atoms with van der Waals surface area (Å²) < 4.78 is 31.8. The van der Waals surface area contributed by atoms with E-state index >= 15 is 0 Å². The van der Waals surface area contributed by atoms with Crippen LogP contribution in [-0.4, -0.2) is 87.5 Å². The molecule has 0 aliphatic carbocycles. The molecule has 0 bridgehead atoms. The Balaban J connectivity index is 1.63. The number of ether oxygens (including phenoxy) is 1. The monoisotopic (exact) mass is 457 g/mol. The van der Waals surface area contributed by atoms with E-state index in [0.29, 0.717) is 19.0 Å². The molecular formula is C21H32ClN3O4S. The number of amides is 1. The van der Waals surface area contributed by atoms with E-state index in [9.17, 15) is 13.2 Å². The van der Waals surface area contributed by atoms with Gasteiger partial charge in [-0.2, -0.15) is 0 Å². The van der Waals surface area contributed by atoms with Crippen molar-refractivity contribution in [2.75, 3.05) is 46.8 Å². The Kier molecular flexibility index (Phi) is 7.45. The van der Waals surface area contributed by atoms with Crippen LogP contribution in [0.2, 0.25) is 5.02 Å². The number of piperidine rings is 1. The summed E-state index contributed by atoms with van der Waals surface area (Å²) in [6, 6.07) is 4.31. The Morgan fingerprint density at radius 2 is 1.77 bits per heavy atom. The molecule has 2 atom stereocenters. The first-order valence-electron chi connectivity index (χ1n) is 10.5. The fourth-order valence-corrected chi connectivity index (χ4v) is 5.45. The van der Waals surface area contributed by atoms with Crippen molar-refractivity contribution in [3.05, 3.63) is 28.8 Å². The SMILES string of the molecule is CC1CN(CC2CCN(C(=O)c3cc(S(=O)(=O)N(C)C)ccc3Cl)CC2)CC(C)O1. The van der Waals surface area contributed by atoms with Crippen molar-refractivity contribution >= 4 is 27.5 Å². The Morgan fingerprint density at radius 3 is 2.33 bits per heavy atom. The van der Waals surface area contributed by atoms with Crippen molar-refractivity contribution in [3.63, 3.8) is 0 Å². The van der Waals surface area contributed by atoms with Gasteiger partial charge in [0, 0.05) is 46.8 Å². The molecule has 0 N–H and O–H groups in total. The lowest BCUT2D eigenvalue weighted by Gasteiger charge is -2.39. The second kappa shape index (κ2) is 9.53. The number of morpholine rings is 1. The molecule has 0 aromatic heterocycles. The van der Waals surface area contributed by atoms with Crippen molar-refractivity contribution in [3.8, 4) is 0 Å². The first-order chi connectivity index (χ1) is 14.1. The molecule has 0 saturated carbocycles. The number of benzene rings is 1. The first kappa shape index (κ1) is 23.5. The van der Waals surface area contributed by atoms with E-state index in [1.807, 2.05) is 0 Å². The molecule has 2 aliphatic heterocycles. The molecule has 168 valence electrons. The molecule has 1 aromatic carbocycles. The summed E-state index contributed by atoms with van der Waals surface area (Å²) in [6.45, 7) is 8.45. The van der Waals surface area contributed by atoms with Crippen molar-refractivity contribution in [1.29, 1.82) is 0 Å². The van der Waals surface area contributed by atoms with E-state index in [-0.39, 0.29) is 33.6 Å². The third kappa shape index (κ3) is 5.34. The molecule has 0 spiro atoms. The number of carbonyl (C=O) groups excluding carboxylic acids is 1. The van der Waals surface area contributed by atoms with Gasteiger partial charge in [0.05, 0.1) is 27.7 Å². The van der Waals surface area contributed by atoms with Gasteiger partial charge in [-0.3, -0.25) is 9.69 Å². The fourth-order valence-electron chi connectivity index (χ4n) is 4.33. The highest BCUT2D eigenvalue weighted by Crippen LogP contribution is 2.26. The Hall–Kier alpha value is -1.19. The number of hydrogen-bond acceptors (Lipinski definition) is 5. The number of sulfonamides is 1. The summed E-state index contributed by atoms with van der Waals surface area (Å²) in [5.74, 6) is 0.338. The van der Waals surface area contributed by atoms with Gasteiger partial charge in [-0.15, -0.1) is 0 Å². The van der Waals surface area contributed by atoms with Crippen LogP contribution in [0.25, 0.3) is 0 Å². The highest BCUT2D eigenvalue weighted by Gasteiger charge is 2.29. The van der Waals surface area contributed by atoms with E-state index in [1.54, 1.807) is 4.90 Å². The zero-order valence-electron chi connectivity index (χ0n) is 18.2. The molecule has 30 heavy (non-hydrogen) atoms. The van der Waals surface area contributed by atoms with Gasteiger partial charge in [0.2, 0.25) is 10.0 Å². The van der Waals surface area contributed by atoms with Crippen LogP contribution in [-0.2, 0) is 14.8 Å². The Morgan fingerprint density at radius 1 is 1.17 bits per heavy atom. The van der Waals surface area contributed by atoms with Crippen LogP contribution in [0.3, 0.4) is 0 Å². The summed E-state index contributed by atoms with van der Waals surface area (Å²) in [5, 5.41) is 0.274. The van der Waals surface area contributed by atoms with Crippen LogP contribution >= 0.6 is 11.6 Å². The minimum Gasteiger partial charge on any atom is -0.373 e. The largest absolute Gasteiger partial charge is 0.373 e. The lowest BCUT2D eigenvalue weighted by molar-refractivity contribution is -0.0728. The lowest BCUT2D eigenvalue weighted by Crippen LogP contribution is -2.48. The van der Waals surface area contributed by atoms with Gasteiger partial charge in [-0.05, 0) is 50.8 Å². The third-order valence-corrected chi connectivity index (χ3v) is 8.00. The molecule has 3 rings (SSSR count). The zero-order valence-corrected chi connectivity index (χ0v) is 19.7. The van der Waals surface area contributed by atoms with Crippen LogP contribution in [0.15, 0.2) is 23.1 Å². The van der Waals surface area contributed by atoms with Gasteiger partial charge in [0.15, 0.2) is 0 Å². The lowest BCUT2D eigenvalue weighted by atomic mass is 9.95. The average Bonchev–Trinajstić information content (AvgIpc) is 2.67. The minimum absolute atomic E-state index is 0.0747. The summed E-state index contributed by atoms with van der Waals surface area (Å²) in [6.07, 6.45) is 2.37. The topological polar surface area (TPSA) is 70.2 Å². The standard InChI is InChI=1S/C21H32ClN3O4S/c1-15-12-24(13-16(2)29-15)14-17-7-9-25(10-8-17)21(26)19-11-18(5-6-20(19)22)30(27,28)23(3)4/h5-6,11,15-17H,7-10,12-14H2,1-4H3. The molecule has 1 aromatic rings. The predicted molar refractivity (Wildman–Crippen MR) is 117 cm³/mol. The van der Waals surface area contributed by atoms with E-state index < -0.39 is 10.0 Å². The second-order valence-electron chi connectivity index (χ2n) is 8.64. The number of halogens is 1. The molecule has 2 aliphatic rings. The molecular weight excluding hydrogens is 426 g/mol. The number of carbonyl (C=O) groups is 1. The van der Waals surface area contributed by atoms with Gasteiger partial charge in [-0.1, -0.05) is 11.6 Å². The normalized spacial score (nSPS) is 24.4. The quantitative estimate of drug-likeness (QED) is 0.679. The maximum atomic E-state index is 13.1. The summed E-state index contributed by atoms with van der Waals surface area (Å²) in [7, 11) is -0.698. The maximum absolute atomic E-state index is 13.1. The van der Waals surface area contributed by atoms with E-state index in [2.05, 4.69) is 18.7 Å². The van der Waals surface area contributed by atoms with Crippen LogP contribution < -0.4 is 0 Å². The smallest absolute Gasteiger partial charge is 0.255 e. The van der Waals surface area contributed by atoms with Crippen molar-refractivity contribution in [2.45, 2.75) is 43.8 Å². The van der Waals surface area contributed by atoms with Gasteiger partial charge >= 0.3 is 0 Å². The van der Waals surface area contributed by atoms with E-state index in [0.717, 1.165) is 36.8 Å². The molecule has 7 nitrogen and oxygen atoms in total. The maximum Gasteiger partial charge on any atom is 0.255 e. The Labute approximate surface area is 185 Å². The van der Waals surface area contributed by atoms with Crippen molar-refractivity contribution in [1.82, 2.24) is 14.1 Å². The van der Waals surface area contributed by atoms with Crippen LogP contribution in [0.5, 0.6) is 0 Å². The fraction of sp³-hybridized carbons (Fsp3) is 0.667. The van der Waals surface area contributed by atoms with E-state index in [4.69, 9.17) is 16.3 Å². The highest BCUT2D eigenvalue weighted by atomic mass is 35.5. The minimum atomic E-state index is -3.63. The van der Waals surface area contributed by atoms with Gasteiger partial charge in [-0.25, -0.2) is 12.7 Å². The zero-order chi connectivity index (χ0) is 22.1. The third-order valence-electron chi connectivity index (χ3n) is 5.86. The summed E-state index contributed by atoms with van der Waals surface area (Å²) >= 11 is 6.25. The average molecular weight is 458 g/mol. The van der Waals surface area contributed by atoms with E-state index in [1.165, 1.54) is 32.3 Å². The highest BCUT2D eigenvalue weighted by molar-refractivity contribution is 7.89. The number of likely N-dealkylation sites (tertiary alicyclic amines) is 1. The molecule has 2 fully saturated rings. The van der Waals surface area contributed by atoms with Crippen molar-refractivity contribution < 1.29 is 17.9 Å². The molecule has 2 heterocycles. The molecule has 2 unspecified atom stereocenters. The van der Waals surface area contributed by atoms with Gasteiger partial charge in [0.25, 0.3) is 5.91 Å². The molecule has 1 amide bonds. The summed E-state index contributed by atoms with van der Waals surface area (Å²) in [4.78, 5) is 17.4. The Bertz CT molecular complexity index is 859. The van der Waals surface area contributed by atoms with Crippen LogP contribution in [0.4, 0.5) is 0 Å². The molecule has 2 saturated heterocycles. The van der Waals surface area contributed by atoms with Crippen molar-refractivity contribution in [2.24, 2.45) is 5.92 Å². The second-order valence-corrected chi connectivity index (χ2v) is 11.2. The van der Waals surface area contributed by atoms with Crippen LogP contribution in [0.1, 0.15) is 37.0 Å². The summed E-state index contributed by atoms with van der Waals surface area (Å²) in [5.41, 5.74) is 0.244. The van der Waals surface area contributed by atoms with Gasteiger partial charge < -0.3 is 9.64 Å².